The van der Waals surface area contributed by atoms with E-state index in [0.29, 0.717) is 71.8 Å². The average molecular weight is 644 g/mol. The van der Waals surface area contributed by atoms with Crippen LogP contribution in [0, 0.1) is 13.8 Å². The van der Waals surface area contributed by atoms with Crippen molar-refractivity contribution in [3.63, 3.8) is 0 Å². The summed E-state index contributed by atoms with van der Waals surface area (Å²) in [7, 11) is 1.58. The topological polar surface area (TPSA) is 150 Å². The zero-order chi connectivity index (χ0) is 32.6. The minimum atomic E-state index is -0.329. The van der Waals surface area contributed by atoms with Crippen molar-refractivity contribution < 1.29 is 19.4 Å². The molecule has 12 heteroatoms. The number of aryl methyl sites for hydroxylation is 1. The molecule has 3 aromatic heterocycles. The van der Waals surface area contributed by atoms with E-state index in [2.05, 4.69) is 31.2 Å². The maximum atomic E-state index is 13.2. The van der Waals surface area contributed by atoms with Gasteiger partial charge in [0.05, 0.1) is 30.1 Å². The van der Waals surface area contributed by atoms with Gasteiger partial charge >= 0.3 is 0 Å². The quantitative estimate of drug-likeness (QED) is 0.135. The fourth-order valence-electron chi connectivity index (χ4n) is 5.39. The van der Waals surface area contributed by atoms with E-state index in [0.717, 1.165) is 34.4 Å². The summed E-state index contributed by atoms with van der Waals surface area (Å²) >= 11 is 6.98. The molecule has 0 bridgehead atoms. The van der Waals surface area contributed by atoms with E-state index < -0.39 is 0 Å². The highest BCUT2D eigenvalue weighted by molar-refractivity contribution is 6.35. The highest BCUT2D eigenvalue weighted by Gasteiger charge is 2.21. The number of amides is 2. The number of methoxy groups -OCH3 is 1. The van der Waals surface area contributed by atoms with Crippen LogP contribution < -0.4 is 26.0 Å². The highest BCUT2D eigenvalue weighted by atomic mass is 35.5. The van der Waals surface area contributed by atoms with Gasteiger partial charge < -0.3 is 31.1 Å². The summed E-state index contributed by atoms with van der Waals surface area (Å²) in [6.45, 7) is 6.06. The number of rotatable bonds is 13. The van der Waals surface area contributed by atoms with Crippen molar-refractivity contribution in [3.05, 3.63) is 87.8 Å². The van der Waals surface area contributed by atoms with Crippen LogP contribution in [0.5, 0.6) is 5.88 Å². The largest absolute Gasteiger partial charge is 0.481 e. The Morgan fingerprint density at radius 1 is 1.04 bits per heavy atom. The molecule has 2 amide bonds. The number of carbonyl (C=O) groups is 2. The molecule has 1 aromatic carbocycles. The third-order valence-corrected chi connectivity index (χ3v) is 8.34. The molecule has 1 fully saturated rings. The fourth-order valence-corrected chi connectivity index (χ4v) is 5.70. The number of anilines is 1. The second-order valence-electron chi connectivity index (χ2n) is 11.1. The molecule has 0 unspecified atom stereocenters. The van der Waals surface area contributed by atoms with E-state index in [9.17, 15) is 9.59 Å². The van der Waals surface area contributed by atoms with Gasteiger partial charge in [-0.15, -0.1) is 0 Å². The number of ether oxygens (including phenoxy) is 1. The summed E-state index contributed by atoms with van der Waals surface area (Å²) in [5, 5.41) is 21.9. The lowest BCUT2D eigenvalue weighted by Crippen LogP contribution is -2.35. The number of hydrogen-bond acceptors (Lipinski definition) is 9. The summed E-state index contributed by atoms with van der Waals surface area (Å²) in [5.74, 6) is 0.243. The molecule has 0 aliphatic carbocycles. The maximum Gasteiger partial charge on any atom is 0.274 e. The Morgan fingerprint density at radius 2 is 1.85 bits per heavy atom. The summed E-state index contributed by atoms with van der Waals surface area (Å²) in [6.07, 6.45) is 3.08. The maximum absolute atomic E-state index is 13.2. The monoisotopic (exact) mass is 643 g/mol. The van der Waals surface area contributed by atoms with Gasteiger partial charge in [0.1, 0.15) is 5.69 Å². The number of halogens is 1. The van der Waals surface area contributed by atoms with Gasteiger partial charge in [-0.3, -0.25) is 14.6 Å². The highest BCUT2D eigenvalue weighted by Crippen LogP contribution is 2.38. The summed E-state index contributed by atoms with van der Waals surface area (Å²) in [5.41, 5.74) is 6.96. The first-order chi connectivity index (χ1) is 22.3. The first-order valence-corrected chi connectivity index (χ1v) is 15.5. The van der Waals surface area contributed by atoms with Crippen LogP contribution in [0.2, 0.25) is 5.02 Å². The van der Waals surface area contributed by atoms with Crippen molar-refractivity contribution in [3.8, 4) is 28.4 Å². The van der Waals surface area contributed by atoms with Crippen molar-refractivity contribution in [1.82, 2.24) is 30.9 Å². The van der Waals surface area contributed by atoms with Crippen LogP contribution in [0.25, 0.3) is 22.5 Å². The van der Waals surface area contributed by atoms with Gasteiger partial charge in [0.15, 0.2) is 0 Å². The van der Waals surface area contributed by atoms with Gasteiger partial charge in [-0.2, -0.15) is 0 Å². The molecule has 1 aliphatic heterocycles. The standard InChI is InChI=1S/C34H38ClN7O4/c1-20-25(5-4-6-27(20)41-33(45)29-11-7-22(21(2)39-29)17-36-15-16-43)32-31(35)26(13-14-38-32)28-10-8-23(34(42-28)46-3)18-37-19-24-9-12-30(44)40-24/h4-8,10-11,13-14,24,36-37,43H,9,12,15-19H2,1-3H3,(H,40,44)(H,41,45)/t24-/m1/s1. The van der Waals surface area contributed by atoms with Gasteiger partial charge in [0, 0.05) is 72.9 Å². The Morgan fingerprint density at radius 3 is 2.59 bits per heavy atom. The zero-order valence-electron chi connectivity index (χ0n) is 26.1. The second kappa shape index (κ2) is 15.2. The lowest BCUT2D eigenvalue weighted by Gasteiger charge is -2.16. The third kappa shape index (κ3) is 7.68. The number of aliphatic hydroxyl groups excluding tert-OH is 1. The predicted octanol–water partition coefficient (Wildman–Crippen LogP) is 4.19. The molecule has 4 aromatic rings. The number of carbonyl (C=O) groups excluding carboxylic acids is 2. The van der Waals surface area contributed by atoms with Crippen molar-refractivity contribution in [2.24, 2.45) is 0 Å². The molecule has 0 saturated carbocycles. The van der Waals surface area contributed by atoms with Gasteiger partial charge in [0.2, 0.25) is 11.8 Å². The molecule has 4 heterocycles. The number of nitrogens with one attached hydrogen (secondary N) is 4. The van der Waals surface area contributed by atoms with Gasteiger partial charge in [-0.1, -0.05) is 35.9 Å². The molecule has 5 rings (SSSR count). The molecule has 0 spiro atoms. The SMILES string of the molecule is COc1nc(-c2ccnc(-c3cccc(NC(=O)c4ccc(CNCCO)c(C)n4)c3C)c2Cl)ccc1CNC[C@H]1CCC(=O)N1. The van der Waals surface area contributed by atoms with Crippen molar-refractivity contribution in [1.29, 1.82) is 0 Å². The molecular formula is C34H38ClN7O4. The summed E-state index contributed by atoms with van der Waals surface area (Å²) < 4.78 is 5.61. The first kappa shape index (κ1) is 33.0. The van der Waals surface area contributed by atoms with Crippen LogP contribution in [0.1, 0.15) is 45.7 Å². The Balaban J connectivity index is 1.33. The van der Waals surface area contributed by atoms with Crippen molar-refractivity contribution in [2.45, 2.75) is 45.8 Å². The number of pyridine rings is 3. The van der Waals surface area contributed by atoms with Crippen LogP contribution in [0.3, 0.4) is 0 Å². The lowest BCUT2D eigenvalue weighted by atomic mass is 10.0. The van der Waals surface area contributed by atoms with E-state index in [1.165, 1.54) is 0 Å². The van der Waals surface area contributed by atoms with Gasteiger partial charge in [-0.25, -0.2) is 9.97 Å². The number of aliphatic hydroxyl groups is 1. The van der Waals surface area contributed by atoms with Gasteiger partial charge in [-0.05, 0) is 55.7 Å². The Kier molecular flexibility index (Phi) is 10.9. The Bertz CT molecular complexity index is 1730. The van der Waals surface area contributed by atoms with Crippen molar-refractivity contribution in [2.75, 3.05) is 32.1 Å². The Hall–Kier alpha value is -4.42. The first-order valence-electron chi connectivity index (χ1n) is 15.2. The van der Waals surface area contributed by atoms with E-state index in [1.54, 1.807) is 19.4 Å². The molecule has 1 aliphatic rings. The van der Waals surface area contributed by atoms with Crippen molar-refractivity contribution >= 4 is 29.1 Å². The van der Waals surface area contributed by atoms with Crippen LogP contribution in [-0.4, -0.2) is 64.7 Å². The smallest absolute Gasteiger partial charge is 0.274 e. The molecular weight excluding hydrogens is 606 g/mol. The van der Waals surface area contributed by atoms with Crippen LogP contribution in [-0.2, 0) is 17.9 Å². The fraction of sp³-hybridized carbons (Fsp3) is 0.324. The average Bonchev–Trinajstić information content (AvgIpc) is 3.48. The molecule has 46 heavy (non-hydrogen) atoms. The number of benzene rings is 1. The molecule has 5 N–H and O–H groups in total. The van der Waals surface area contributed by atoms with Crippen LogP contribution in [0.15, 0.2) is 54.7 Å². The van der Waals surface area contributed by atoms with E-state index in [1.807, 2.05) is 56.3 Å². The van der Waals surface area contributed by atoms with E-state index in [-0.39, 0.29) is 24.5 Å². The Labute approximate surface area is 273 Å². The minimum Gasteiger partial charge on any atom is -0.481 e. The predicted molar refractivity (Wildman–Crippen MR) is 178 cm³/mol. The summed E-state index contributed by atoms with van der Waals surface area (Å²) in [4.78, 5) is 38.5. The third-order valence-electron chi connectivity index (χ3n) is 7.96. The molecule has 1 saturated heterocycles. The summed E-state index contributed by atoms with van der Waals surface area (Å²) in [6, 6.07) is 14.9. The number of hydrogen-bond donors (Lipinski definition) is 5. The second-order valence-corrected chi connectivity index (χ2v) is 11.5. The van der Waals surface area contributed by atoms with Crippen LogP contribution in [0.4, 0.5) is 5.69 Å². The van der Waals surface area contributed by atoms with Crippen LogP contribution >= 0.6 is 11.6 Å². The number of aromatic nitrogens is 3. The molecule has 11 nitrogen and oxygen atoms in total. The van der Waals surface area contributed by atoms with E-state index >= 15 is 0 Å². The normalized spacial score (nSPS) is 14.3. The van der Waals surface area contributed by atoms with E-state index in [4.69, 9.17) is 26.4 Å². The minimum absolute atomic E-state index is 0.0535. The zero-order valence-corrected chi connectivity index (χ0v) is 26.9. The van der Waals surface area contributed by atoms with Gasteiger partial charge in [0.25, 0.3) is 5.91 Å². The molecule has 240 valence electrons. The molecule has 1 atom stereocenters. The molecule has 0 radical (unpaired) electrons. The lowest BCUT2D eigenvalue weighted by molar-refractivity contribution is -0.119. The number of nitrogens with zero attached hydrogens (tertiary/aromatic N) is 3.